The molecule has 0 bridgehead atoms. The van der Waals surface area contributed by atoms with Crippen molar-refractivity contribution in [2.45, 2.75) is 51.5 Å². The first kappa shape index (κ1) is 21.3. The van der Waals surface area contributed by atoms with Gasteiger partial charge >= 0.3 is 6.03 Å². The van der Waals surface area contributed by atoms with Crippen LogP contribution in [0.1, 0.15) is 57.1 Å². The van der Waals surface area contributed by atoms with E-state index in [1.165, 1.54) is 6.42 Å². The highest BCUT2D eigenvalue weighted by Gasteiger charge is 2.33. The van der Waals surface area contributed by atoms with Gasteiger partial charge in [0.25, 0.3) is 0 Å². The lowest BCUT2D eigenvalue weighted by Crippen LogP contribution is -2.39. The molecule has 2 rings (SSSR count). The molecule has 7 heteroatoms. The number of urea groups is 1. The van der Waals surface area contributed by atoms with Gasteiger partial charge in [-0.2, -0.15) is 0 Å². The largest absolute Gasteiger partial charge is 0.351 e. The Labute approximate surface area is 155 Å². The molecule has 6 nitrogen and oxygen atoms in total. The lowest BCUT2D eigenvalue weighted by molar-refractivity contribution is -0.124. The van der Waals surface area contributed by atoms with Crippen LogP contribution in [0, 0.1) is 5.41 Å². The Morgan fingerprint density at radius 1 is 1.16 bits per heavy atom. The van der Waals surface area contributed by atoms with Gasteiger partial charge in [0.2, 0.25) is 5.91 Å². The number of hydrogen-bond acceptors (Lipinski definition) is 3. The van der Waals surface area contributed by atoms with Crippen LogP contribution in [0.2, 0.25) is 0 Å². The van der Waals surface area contributed by atoms with Crippen LogP contribution >= 0.6 is 12.4 Å². The van der Waals surface area contributed by atoms with Crippen molar-refractivity contribution in [2.75, 3.05) is 11.9 Å². The first-order valence-electron chi connectivity index (χ1n) is 8.60. The summed E-state index contributed by atoms with van der Waals surface area (Å²) in [7, 11) is 0. The number of halogens is 1. The number of anilines is 1. The van der Waals surface area contributed by atoms with Crippen LogP contribution in [0.5, 0.6) is 0 Å². The first-order chi connectivity index (χ1) is 11.4. The number of amides is 3. The van der Waals surface area contributed by atoms with Crippen molar-refractivity contribution in [1.29, 1.82) is 0 Å². The lowest BCUT2D eigenvalue weighted by atomic mass is 9.71. The Morgan fingerprint density at radius 2 is 1.76 bits per heavy atom. The molecule has 0 saturated heterocycles. The molecule has 1 fully saturated rings. The maximum absolute atomic E-state index is 12.4. The molecule has 0 aromatic heterocycles. The second-order valence-electron chi connectivity index (χ2n) is 6.84. The van der Waals surface area contributed by atoms with E-state index in [9.17, 15) is 9.59 Å². The van der Waals surface area contributed by atoms with Gasteiger partial charge in [-0.15, -0.1) is 12.4 Å². The normalized spacial score (nSPS) is 17.0. The number of nitrogens with two attached hydrogens (primary N) is 2. The van der Waals surface area contributed by atoms with Crippen LogP contribution in [-0.2, 0) is 4.79 Å². The molecule has 0 radical (unpaired) electrons. The van der Waals surface area contributed by atoms with Crippen LogP contribution in [0.3, 0.4) is 0 Å². The first-order valence-corrected chi connectivity index (χ1v) is 8.60. The number of nitrogens with one attached hydrogen (secondary N) is 2. The smallest absolute Gasteiger partial charge is 0.316 e. The molecule has 1 unspecified atom stereocenters. The molecule has 1 atom stereocenters. The summed E-state index contributed by atoms with van der Waals surface area (Å²) in [5.74, 6) is 0.0502. The number of rotatable bonds is 6. The lowest BCUT2D eigenvalue weighted by Gasteiger charge is -2.36. The number of hydrogen-bond donors (Lipinski definition) is 4. The van der Waals surface area contributed by atoms with Crippen molar-refractivity contribution in [1.82, 2.24) is 5.32 Å². The predicted molar refractivity (Wildman–Crippen MR) is 103 cm³/mol. The summed E-state index contributed by atoms with van der Waals surface area (Å²) >= 11 is 0. The predicted octanol–water partition coefficient (Wildman–Crippen LogP) is 3.08. The second-order valence-corrected chi connectivity index (χ2v) is 6.84. The molecule has 1 aliphatic carbocycles. The summed E-state index contributed by atoms with van der Waals surface area (Å²) in [4.78, 5) is 23.3. The van der Waals surface area contributed by atoms with Gasteiger partial charge < -0.3 is 22.1 Å². The zero-order chi connectivity index (χ0) is 17.6. The fraction of sp³-hybridized carbons (Fsp3) is 0.556. The van der Waals surface area contributed by atoms with Crippen molar-refractivity contribution in [3.63, 3.8) is 0 Å². The van der Waals surface area contributed by atoms with E-state index in [4.69, 9.17) is 11.5 Å². The fourth-order valence-electron chi connectivity index (χ4n) is 3.47. The molecular formula is C18H29ClN4O2. The Kier molecular flexibility index (Phi) is 8.19. The molecule has 1 aromatic rings. The monoisotopic (exact) mass is 368 g/mol. The van der Waals surface area contributed by atoms with Crippen LogP contribution in [0.4, 0.5) is 10.5 Å². The maximum Gasteiger partial charge on any atom is 0.316 e. The Balaban J connectivity index is 0.00000312. The Morgan fingerprint density at radius 3 is 2.28 bits per heavy atom. The van der Waals surface area contributed by atoms with E-state index in [0.29, 0.717) is 18.7 Å². The summed E-state index contributed by atoms with van der Waals surface area (Å²) in [5, 5.41) is 5.57. The van der Waals surface area contributed by atoms with Crippen molar-refractivity contribution >= 4 is 30.0 Å². The number of carbonyl (C=O) groups excluding carboxylic acids is 2. The van der Waals surface area contributed by atoms with Gasteiger partial charge in [-0.1, -0.05) is 31.4 Å². The highest BCUT2D eigenvalue weighted by atomic mass is 35.5. The molecule has 1 saturated carbocycles. The number of primary amides is 1. The molecule has 25 heavy (non-hydrogen) atoms. The highest BCUT2D eigenvalue weighted by molar-refractivity contribution is 5.87. The molecule has 1 aliphatic rings. The van der Waals surface area contributed by atoms with E-state index in [1.54, 1.807) is 12.1 Å². The third-order valence-electron chi connectivity index (χ3n) is 4.94. The Hall–Kier alpha value is -1.79. The fourth-order valence-corrected chi connectivity index (χ4v) is 3.47. The zero-order valence-electron chi connectivity index (χ0n) is 14.7. The standard InChI is InChI=1S/C18H28N4O2.ClH/c1-13(14-5-7-15(8-6-14)22-17(20)24)21-16(23)11-18(12-19)9-3-2-4-10-18;/h5-8,13H,2-4,9-12,19H2,1H3,(H,21,23)(H3,20,22,24);1H. The zero-order valence-corrected chi connectivity index (χ0v) is 15.5. The van der Waals surface area contributed by atoms with Gasteiger partial charge in [0.15, 0.2) is 0 Å². The van der Waals surface area contributed by atoms with Crippen molar-refractivity contribution < 1.29 is 9.59 Å². The molecule has 1 aromatic carbocycles. The van der Waals surface area contributed by atoms with Gasteiger partial charge in [-0.05, 0) is 49.4 Å². The average molecular weight is 369 g/mol. The highest BCUT2D eigenvalue weighted by Crippen LogP contribution is 2.38. The molecule has 6 N–H and O–H groups in total. The Bertz CT molecular complexity index is 571. The number of benzene rings is 1. The SMILES string of the molecule is CC(NC(=O)CC1(CN)CCCCC1)c1ccc(NC(N)=O)cc1.Cl. The number of carbonyl (C=O) groups is 2. The third kappa shape index (κ3) is 6.21. The second kappa shape index (κ2) is 9.63. The van der Waals surface area contributed by atoms with Crippen LogP contribution < -0.4 is 22.1 Å². The summed E-state index contributed by atoms with van der Waals surface area (Å²) < 4.78 is 0. The van der Waals surface area contributed by atoms with Crippen LogP contribution in [0.15, 0.2) is 24.3 Å². The van der Waals surface area contributed by atoms with Gasteiger partial charge in [-0.25, -0.2) is 4.79 Å². The van der Waals surface area contributed by atoms with E-state index in [-0.39, 0.29) is 29.8 Å². The van der Waals surface area contributed by atoms with Gasteiger partial charge in [0.1, 0.15) is 0 Å². The van der Waals surface area contributed by atoms with E-state index >= 15 is 0 Å². The van der Waals surface area contributed by atoms with Crippen molar-refractivity contribution in [3.05, 3.63) is 29.8 Å². The molecule has 3 amide bonds. The topological polar surface area (TPSA) is 110 Å². The molecule has 0 aliphatic heterocycles. The summed E-state index contributed by atoms with van der Waals surface area (Å²) in [6.45, 7) is 2.52. The quantitative estimate of drug-likeness (QED) is 0.619. The van der Waals surface area contributed by atoms with E-state index < -0.39 is 6.03 Å². The van der Waals surface area contributed by atoms with Crippen molar-refractivity contribution in [2.24, 2.45) is 16.9 Å². The minimum Gasteiger partial charge on any atom is -0.351 e. The van der Waals surface area contributed by atoms with E-state index in [1.807, 2.05) is 19.1 Å². The van der Waals surface area contributed by atoms with Gasteiger partial charge in [0.05, 0.1) is 6.04 Å². The minimum absolute atomic E-state index is 0. The van der Waals surface area contributed by atoms with Crippen molar-refractivity contribution in [3.8, 4) is 0 Å². The summed E-state index contributed by atoms with van der Waals surface area (Å²) in [5.41, 5.74) is 12.6. The molecule has 140 valence electrons. The van der Waals surface area contributed by atoms with Crippen LogP contribution in [-0.4, -0.2) is 18.5 Å². The minimum atomic E-state index is -0.594. The summed E-state index contributed by atoms with van der Waals surface area (Å²) in [6.07, 6.45) is 6.14. The van der Waals surface area contributed by atoms with Gasteiger partial charge in [0, 0.05) is 12.1 Å². The molecule has 0 heterocycles. The average Bonchev–Trinajstić information content (AvgIpc) is 2.55. The third-order valence-corrected chi connectivity index (χ3v) is 4.94. The summed E-state index contributed by atoms with van der Waals surface area (Å²) in [6, 6.07) is 6.59. The maximum atomic E-state index is 12.4. The molecule has 0 spiro atoms. The van der Waals surface area contributed by atoms with Crippen LogP contribution in [0.25, 0.3) is 0 Å². The van der Waals surface area contributed by atoms with E-state index in [2.05, 4.69) is 10.6 Å². The van der Waals surface area contributed by atoms with Gasteiger partial charge in [-0.3, -0.25) is 4.79 Å². The molecular weight excluding hydrogens is 340 g/mol. The van der Waals surface area contributed by atoms with E-state index in [0.717, 1.165) is 31.2 Å².